The maximum atomic E-state index is 12.9. The molecular weight excluding hydrogens is 375 g/mol. The van der Waals surface area contributed by atoms with E-state index in [4.69, 9.17) is 9.63 Å². The highest BCUT2D eigenvalue weighted by atomic mass is 31.2. The van der Waals surface area contributed by atoms with Gasteiger partial charge in [0, 0.05) is 12.9 Å². The Balaban J connectivity index is 2.25. The largest absolute Gasteiger partial charge is 0.481 e. The molecule has 1 atom stereocenters. The van der Waals surface area contributed by atoms with Gasteiger partial charge in [-0.15, -0.1) is 0 Å². The lowest BCUT2D eigenvalue weighted by Crippen LogP contribution is -2.11. The molecule has 154 valence electrons. The third-order valence-corrected chi connectivity index (χ3v) is 7.39. The van der Waals surface area contributed by atoms with Crippen LogP contribution in [0.4, 0.5) is 0 Å². The van der Waals surface area contributed by atoms with Crippen molar-refractivity contribution in [3.05, 3.63) is 40.2 Å². The van der Waals surface area contributed by atoms with Crippen LogP contribution in [0.3, 0.4) is 0 Å². The van der Waals surface area contributed by atoms with E-state index >= 15 is 0 Å². The normalized spacial score (nSPS) is 17.5. The Labute approximate surface area is 167 Å². The third-order valence-electron chi connectivity index (χ3n) is 5.37. The van der Waals surface area contributed by atoms with Crippen LogP contribution < -0.4 is 0 Å². The number of Topliss-reactive ketones (excluding diaryl/α,β-unsaturated/α-hetero) is 1. The number of rotatable bonds is 9. The second-order valence-electron chi connectivity index (χ2n) is 7.85. The molecule has 1 unspecified atom stereocenters. The van der Waals surface area contributed by atoms with Crippen molar-refractivity contribution in [1.82, 2.24) is 0 Å². The van der Waals surface area contributed by atoms with Crippen molar-refractivity contribution in [1.29, 1.82) is 0 Å². The zero-order chi connectivity index (χ0) is 20.7. The van der Waals surface area contributed by atoms with Gasteiger partial charge < -0.3 is 9.63 Å². The van der Waals surface area contributed by atoms with Gasteiger partial charge in [0.15, 0.2) is 5.78 Å². The Kier molecular flexibility index (Phi) is 8.21. The number of carboxylic acid groups (broad SMARTS) is 1. The van der Waals surface area contributed by atoms with E-state index in [0.717, 1.165) is 17.5 Å². The van der Waals surface area contributed by atoms with Crippen molar-refractivity contribution in [2.45, 2.75) is 58.8 Å². The Bertz CT molecular complexity index is 790. The van der Waals surface area contributed by atoms with Crippen LogP contribution in [0.1, 0.15) is 60.8 Å². The molecular formula is C22H31O5P. The minimum Gasteiger partial charge on any atom is -0.481 e. The first kappa shape index (κ1) is 22.6. The molecule has 0 aliphatic heterocycles. The molecule has 0 aromatic heterocycles. The van der Waals surface area contributed by atoms with E-state index in [-0.39, 0.29) is 0 Å². The predicted molar refractivity (Wildman–Crippen MR) is 112 cm³/mol. The number of carboxylic acids is 1. The second kappa shape index (κ2) is 10.2. The fourth-order valence-electron chi connectivity index (χ4n) is 4.01. The number of carbonyl (C=O) groups excluding carboxylic acids is 1. The SMILES string of the molecule is COP(=O)(/C=C/c1c(C)cc(C)cc1CC1CCCCC1)CC(=O)CC(=O)O. The van der Waals surface area contributed by atoms with E-state index in [2.05, 4.69) is 19.1 Å². The molecule has 1 aromatic rings. The summed E-state index contributed by atoms with van der Waals surface area (Å²) in [5.41, 5.74) is 4.56. The number of aliphatic carboxylic acids is 1. The van der Waals surface area contributed by atoms with Gasteiger partial charge in [0.2, 0.25) is 7.37 Å². The van der Waals surface area contributed by atoms with E-state index in [0.29, 0.717) is 5.92 Å². The molecule has 1 saturated carbocycles. The van der Waals surface area contributed by atoms with Gasteiger partial charge in [-0.1, -0.05) is 49.8 Å². The summed E-state index contributed by atoms with van der Waals surface area (Å²) in [5.74, 6) is 0.328. The third kappa shape index (κ3) is 6.72. The summed E-state index contributed by atoms with van der Waals surface area (Å²) in [6.45, 7) is 4.11. The van der Waals surface area contributed by atoms with Crippen LogP contribution in [-0.2, 0) is 25.1 Å². The second-order valence-corrected chi connectivity index (χ2v) is 10.3. The molecule has 0 heterocycles. The van der Waals surface area contributed by atoms with Crippen LogP contribution in [0, 0.1) is 19.8 Å². The Morgan fingerprint density at radius 3 is 2.50 bits per heavy atom. The molecule has 1 fully saturated rings. The lowest BCUT2D eigenvalue weighted by molar-refractivity contribution is -0.139. The van der Waals surface area contributed by atoms with Crippen molar-refractivity contribution in [3.63, 3.8) is 0 Å². The summed E-state index contributed by atoms with van der Waals surface area (Å²) in [6, 6.07) is 4.28. The molecule has 2 rings (SSSR count). The Hall–Kier alpha value is -1.71. The van der Waals surface area contributed by atoms with Gasteiger partial charge in [0.25, 0.3) is 0 Å². The predicted octanol–water partition coefficient (Wildman–Crippen LogP) is 5.37. The van der Waals surface area contributed by atoms with Crippen LogP contribution in [0.2, 0.25) is 0 Å². The highest BCUT2D eigenvalue weighted by molar-refractivity contribution is 7.63. The topological polar surface area (TPSA) is 80.7 Å². The summed E-state index contributed by atoms with van der Waals surface area (Å²) >= 11 is 0. The minimum absolute atomic E-state index is 0.394. The van der Waals surface area contributed by atoms with Crippen LogP contribution >= 0.6 is 7.37 Å². The number of ketones is 1. The summed E-state index contributed by atoms with van der Waals surface area (Å²) in [5, 5.41) is 8.75. The van der Waals surface area contributed by atoms with Crippen molar-refractivity contribution in [3.8, 4) is 0 Å². The van der Waals surface area contributed by atoms with Crippen LogP contribution in [-0.4, -0.2) is 30.1 Å². The number of carbonyl (C=O) groups is 2. The Morgan fingerprint density at radius 2 is 1.89 bits per heavy atom. The maximum absolute atomic E-state index is 12.9. The summed E-state index contributed by atoms with van der Waals surface area (Å²) < 4.78 is 18.0. The average Bonchev–Trinajstić information content (AvgIpc) is 2.61. The molecule has 1 N–H and O–H groups in total. The molecule has 5 nitrogen and oxygen atoms in total. The van der Waals surface area contributed by atoms with E-state index in [1.807, 2.05) is 6.92 Å². The average molecular weight is 406 g/mol. The highest BCUT2D eigenvalue weighted by Gasteiger charge is 2.24. The molecule has 1 aliphatic rings. The Morgan fingerprint density at radius 1 is 1.21 bits per heavy atom. The number of aryl methyl sites for hydroxylation is 2. The first-order valence-corrected chi connectivity index (χ1v) is 11.8. The van der Waals surface area contributed by atoms with E-state index in [1.54, 1.807) is 6.08 Å². The smallest absolute Gasteiger partial charge is 0.310 e. The van der Waals surface area contributed by atoms with Crippen molar-refractivity contribution < 1.29 is 23.8 Å². The number of hydrogen-bond acceptors (Lipinski definition) is 4. The van der Waals surface area contributed by atoms with Gasteiger partial charge in [0.05, 0.1) is 6.16 Å². The molecule has 6 heteroatoms. The highest BCUT2D eigenvalue weighted by Crippen LogP contribution is 2.48. The van der Waals surface area contributed by atoms with Gasteiger partial charge in [-0.3, -0.25) is 14.2 Å². The summed E-state index contributed by atoms with van der Waals surface area (Å²) in [4.78, 5) is 22.5. The molecule has 1 aliphatic carbocycles. The fraction of sp³-hybridized carbons (Fsp3) is 0.545. The standard InChI is InChI=1S/C22H31O5P/c1-16-11-17(2)21(19(12-16)13-18-7-5-4-6-8-18)9-10-28(26,27-3)15-20(23)14-22(24)25/h9-12,18H,4-8,13-15H2,1-3H3,(H,24,25)/b10-9+. The maximum Gasteiger partial charge on any atom is 0.310 e. The summed E-state index contributed by atoms with van der Waals surface area (Å²) in [7, 11) is -2.07. The van der Waals surface area contributed by atoms with Crippen LogP contribution in [0.15, 0.2) is 17.9 Å². The zero-order valence-corrected chi connectivity index (χ0v) is 18.0. The van der Waals surface area contributed by atoms with Crippen LogP contribution in [0.5, 0.6) is 0 Å². The number of benzene rings is 1. The molecule has 0 saturated heterocycles. The van der Waals surface area contributed by atoms with Gasteiger partial charge in [-0.25, -0.2) is 0 Å². The van der Waals surface area contributed by atoms with E-state index < -0.39 is 31.7 Å². The molecule has 0 amide bonds. The van der Waals surface area contributed by atoms with Gasteiger partial charge >= 0.3 is 5.97 Å². The fourth-order valence-corrected chi connectivity index (χ4v) is 5.35. The van der Waals surface area contributed by atoms with E-state index in [9.17, 15) is 14.2 Å². The quantitative estimate of drug-likeness (QED) is 0.441. The van der Waals surface area contributed by atoms with Crippen molar-refractivity contribution in [2.75, 3.05) is 13.3 Å². The van der Waals surface area contributed by atoms with E-state index in [1.165, 1.54) is 56.2 Å². The van der Waals surface area contributed by atoms with Gasteiger partial charge in [0.1, 0.15) is 6.42 Å². The van der Waals surface area contributed by atoms with Gasteiger partial charge in [-0.05, 0) is 49.0 Å². The van der Waals surface area contributed by atoms with Crippen molar-refractivity contribution in [2.24, 2.45) is 5.92 Å². The first-order chi connectivity index (χ1) is 13.2. The first-order valence-electron chi connectivity index (χ1n) is 9.90. The lowest BCUT2D eigenvalue weighted by atomic mass is 9.83. The summed E-state index contributed by atoms with van der Waals surface area (Å²) in [6.07, 6.45) is 8.14. The van der Waals surface area contributed by atoms with Crippen molar-refractivity contribution >= 4 is 25.2 Å². The molecule has 0 radical (unpaired) electrons. The lowest BCUT2D eigenvalue weighted by Gasteiger charge is -2.23. The molecule has 0 bridgehead atoms. The minimum atomic E-state index is -3.37. The molecule has 28 heavy (non-hydrogen) atoms. The van der Waals surface area contributed by atoms with Gasteiger partial charge in [-0.2, -0.15) is 0 Å². The molecule has 0 spiro atoms. The monoisotopic (exact) mass is 406 g/mol. The zero-order valence-electron chi connectivity index (χ0n) is 17.1. The number of hydrogen-bond donors (Lipinski definition) is 1. The molecule has 1 aromatic carbocycles. The van der Waals surface area contributed by atoms with Crippen LogP contribution in [0.25, 0.3) is 6.08 Å².